The molecule has 0 aliphatic heterocycles. The lowest BCUT2D eigenvalue weighted by Crippen LogP contribution is -1.98. The number of phenols is 1. The molecule has 100 valence electrons. The molecular weight excluding hydrogens is 244 g/mol. The second kappa shape index (κ2) is 6.11. The average Bonchev–Trinajstić information content (AvgIpc) is 2.46. The third-order valence-electron chi connectivity index (χ3n) is 2.74. The molecule has 0 unspecified atom stereocenters. The van der Waals surface area contributed by atoms with Gasteiger partial charge in [0.05, 0.1) is 13.7 Å². The monoisotopic (exact) mass is 260 g/mol. The summed E-state index contributed by atoms with van der Waals surface area (Å²) < 4.78 is 10.9. The van der Waals surface area contributed by atoms with Gasteiger partial charge in [0.25, 0.3) is 0 Å². The van der Waals surface area contributed by atoms with E-state index in [4.69, 9.17) is 14.6 Å². The van der Waals surface area contributed by atoms with Crippen LogP contribution in [0.2, 0.25) is 0 Å². The fourth-order valence-electron chi connectivity index (χ4n) is 1.68. The summed E-state index contributed by atoms with van der Waals surface area (Å²) in [7, 11) is 1.56. The van der Waals surface area contributed by atoms with E-state index in [2.05, 4.69) is 0 Å². The topological polar surface area (TPSA) is 58.9 Å². The first-order valence-corrected chi connectivity index (χ1v) is 5.91. The van der Waals surface area contributed by atoms with Gasteiger partial charge in [-0.3, -0.25) is 0 Å². The Morgan fingerprint density at radius 2 is 1.63 bits per heavy atom. The van der Waals surface area contributed by atoms with Crippen LogP contribution in [0.1, 0.15) is 11.1 Å². The molecule has 4 nitrogen and oxygen atoms in total. The minimum absolute atomic E-state index is 0.0331. The molecular formula is C15H16O4. The molecule has 2 N–H and O–H groups in total. The Morgan fingerprint density at radius 3 is 2.26 bits per heavy atom. The maximum Gasteiger partial charge on any atom is 0.161 e. The summed E-state index contributed by atoms with van der Waals surface area (Å²) in [5, 5.41) is 18.3. The van der Waals surface area contributed by atoms with Crippen molar-refractivity contribution in [3.63, 3.8) is 0 Å². The Morgan fingerprint density at radius 1 is 0.947 bits per heavy atom. The van der Waals surface area contributed by atoms with Crippen molar-refractivity contribution >= 4 is 0 Å². The molecule has 0 saturated carbocycles. The number of methoxy groups -OCH3 is 1. The fraction of sp³-hybridized carbons (Fsp3) is 0.200. The summed E-state index contributed by atoms with van der Waals surface area (Å²) in [4.78, 5) is 0. The van der Waals surface area contributed by atoms with Crippen molar-refractivity contribution in [1.82, 2.24) is 0 Å². The molecule has 0 amide bonds. The SMILES string of the molecule is COc1cc(CO)ccc1OCc1ccc(O)cc1. The molecule has 4 heteroatoms. The van der Waals surface area contributed by atoms with E-state index < -0.39 is 0 Å². The molecule has 0 aliphatic rings. The number of hydrogen-bond acceptors (Lipinski definition) is 4. The molecule has 2 rings (SSSR count). The summed E-state index contributed by atoms with van der Waals surface area (Å²) in [5.41, 5.74) is 1.72. The number of hydrogen-bond donors (Lipinski definition) is 2. The van der Waals surface area contributed by atoms with E-state index in [0.717, 1.165) is 11.1 Å². The average molecular weight is 260 g/mol. The number of aliphatic hydroxyl groups is 1. The quantitative estimate of drug-likeness (QED) is 0.867. The number of phenolic OH excluding ortho intramolecular Hbond substituents is 1. The Bertz CT molecular complexity index is 534. The van der Waals surface area contributed by atoms with E-state index in [-0.39, 0.29) is 12.4 Å². The fourth-order valence-corrected chi connectivity index (χ4v) is 1.68. The van der Waals surface area contributed by atoms with Crippen LogP contribution in [0.4, 0.5) is 0 Å². The van der Waals surface area contributed by atoms with Gasteiger partial charge in [0.1, 0.15) is 12.4 Å². The molecule has 19 heavy (non-hydrogen) atoms. The molecule has 0 fully saturated rings. The van der Waals surface area contributed by atoms with E-state index in [0.29, 0.717) is 18.1 Å². The minimum atomic E-state index is -0.0331. The van der Waals surface area contributed by atoms with Crippen LogP contribution < -0.4 is 9.47 Å². The van der Waals surface area contributed by atoms with Crippen LogP contribution in [0.3, 0.4) is 0 Å². The van der Waals surface area contributed by atoms with Crippen molar-refractivity contribution in [2.24, 2.45) is 0 Å². The molecule has 2 aromatic rings. The Balaban J connectivity index is 2.08. The predicted octanol–water partition coefficient (Wildman–Crippen LogP) is 2.47. The number of ether oxygens (including phenoxy) is 2. The zero-order chi connectivity index (χ0) is 13.7. The van der Waals surface area contributed by atoms with Gasteiger partial charge < -0.3 is 19.7 Å². The maximum absolute atomic E-state index is 9.20. The first-order chi connectivity index (χ1) is 9.22. The highest BCUT2D eigenvalue weighted by molar-refractivity contribution is 5.43. The van der Waals surface area contributed by atoms with E-state index in [1.807, 2.05) is 0 Å². The highest BCUT2D eigenvalue weighted by atomic mass is 16.5. The highest BCUT2D eigenvalue weighted by Crippen LogP contribution is 2.28. The third kappa shape index (κ3) is 3.39. The summed E-state index contributed by atoms with van der Waals surface area (Å²) in [5.74, 6) is 1.44. The lowest BCUT2D eigenvalue weighted by atomic mass is 10.2. The molecule has 2 aromatic carbocycles. The lowest BCUT2D eigenvalue weighted by Gasteiger charge is -2.11. The second-order valence-corrected chi connectivity index (χ2v) is 4.10. The van der Waals surface area contributed by atoms with Gasteiger partial charge in [-0.2, -0.15) is 0 Å². The van der Waals surface area contributed by atoms with Crippen LogP contribution in [0.25, 0.3) is 0 Å². The van der Waals surface area contributed by atoms with Gasteiger partial charge in [-0.25, -0.2) is 0 Å². The van der Waals surface area contributed by atoms with Crippen molar-refractivity contribution in [3.8, 4) is 17.2 Å². The van der Waals surface area contributed by atoms with Crippen LogP contribution in [0.5, 0.6) is 17.2 Å². The van der Waals surface area contributed by atoms with Crippen molar-refractivity contribution in [2.45, 2.75) is 13.2 Å². The smallest absolute Gasteiger partial charge is 0.161 e. The summed E-state index contributed by atoms with van der Waals surface area (Å²) >= 11 is 0. The Kier molecular flexibility index (Phi) is 4.26. The van der Waals surface area contributed by atoms with E-state index in [1.165, 1.54) is 0 Å². The van der Waals surface area contributed by atoms with Gasteiger partial charge in [0.2, 0.25) is 0 Å². The van der Waals surface area contributed by atoms with Gasteiger partial charge in [-0.15, -0.1) is 0 Å². The van der Waals surface area contributed by atoms with Gasteiger partial charge in [0, 0.05) is 0 Å². The normalized spacial score (nSPS) is 10.2. The second-order valence-electron chi connectivity index (χ2n) is 4.10. The third-order valence-corrected chi connectivity index (χ3v) is 2.74. The molecule has 0 spiro atoms. The molecule has 0 atom stereocenters. The minimum Gasteiger partial charge on any atom is -0.508 e. The zero-order valence-corrected chi connectivity index (χ0v) is 10.7. The number of aliphatic hydroxyl groups excluding tert-OH is 1. The standard InChI is InChI=1S/C15H16O4/c1-18-15-8-12(9-16)4-7-14(15)19-10-11-2-5-13(17)6-3-11/h2-8,16-17H,9-10H2,1H3. The van der Waals surface area contributed by atoms with Gasteiger partial charge >= 0.3 is 0 Å². The molecule has 0 saturated heterocycles. The molecule has 0 heterocycles. The Hall–Kier alpha value is -2.20. The van der Waals surface area contributed by atoms with E-state index >= 15 is 0 Å². The zero-order valence-electron chi connectivity index (χ0n) is 10.7. The summed E-state index contributed by atoms with van der Waals surface area (Å²) in [6.07, 6.45) is 0. The van der Waals surface area contributed by atoms with Gasteiger partial charge in [-0.05, 0) is 35.4 Å². The van der Waals surface area contributed by atoms with Crippen molar-refractivity contribution in [1.29, 1.82) is 0 Å². The largest absolute Gasteiger partial charge is 0.508 e. The molecule has 0 radical (unpaired) electrons. The van der Waals surface area contributed by atoms with Crippen molar-refractivity contribution < 1.29 is 19.7 Å². The number of benzene rings is 2. The molecule has 0 aliphatic carbocycles. The summed E-state index contributed by atoms with van der Waals surface area (Å²) in [6, 6.07) is 12.1. The highest BCUT2D eigenvalue weighted by Gasteiger charge is 2.05. The van der Waals surface area contributed by atoms with E-state index in [9.17, 15) is 5.11 Å². The van der Waals surface area contributed by atoms with Crippen LogP contribution >= 0.6 is 0 Å². The Labute approximate surface area is 111 Å². The first-order valence-electron chi connectivity index (χ1n) is 5.91. The van der Waals surface area contributed by atoms with Gasteiger partial charge in [-0.1, -0.05) is 18.2 Å². The van der Waals surface area contributed by atoms with Crippen LogP contribution in [0.15, 0.2) is 42.5 Å². The first kappa shape index (κ1) is 13.2. The van der Waals surface area contributed by atoms with Crippen LogP contribution in [0, 0.1) is 0 Å². The maximum atomic E-state index is 9.20. The van der Waals surface area contributed by atoms with Crippen LogP contribution in [-0.4, -0.2) is 17.3 Å². The molecule has 0 bridgehead atoms. The van der Waals surface area contributed by atoms with Crippen LogP contribution in [-0.2, 0) is 13.2 Å². The van der Waals surface area contributed by atoms with Crippen molar-refractivity contribution in [2.75, 3.05) is 7.11 Å². The van der Waals surface area contributed by atoms with E-state index in [1.54, 1.807) is 49.6 Å². The number of rotatable bonds is 5. The summed E-state index contributed by atoms with van der Waals surface area (Å²) in [6.45, 7) is 0.351. The predicted molar refractivity (Wildman–Crippen MR) is 71.4 cm³/mol. The van der Waals surface area contributed by atoms with Gasteiger partial charge in [0.15, 0.2) is 11.5 Å². The van der Waals surface area contributed by atoms with Crippen molar-refractivity contribution in [3.05, 3.63) is 53.6 Å². The lowest BCUT2D eigenvalue weighted by molar-refractivity contribution is 0.274. The number of aromatic hydroxyl groups is 1. The molecule has 0 aromatic heterocycles.